The SMILES string of the molecule is COc1ccccc1CN(CC(=O)NC(C)C(C)C)C1CC1. The lowest BCUT2D eigenvalue weighted by Crippen LogP contribution is -2.43. The summed E-state index contributed by atoms with van der Waals surface area (Å²) in [5, 5.41) is 3.09. The number of hydrogen-bond donors (Lipinski definition) is 1. The zero-order valence-electron chi connectivity index (χ0n) is 14.1. The number of hydrogen-bond acceptors (Lipinski definition) is 3. The van der Waals surface area contributed by atoms with Gasteiger partial charge in [-0.25, -0.2) is 0 Å². The van der Waals surface area contributed by atoms with E-state index in [1.807, 2.05) is 18.2 Å². The molecule has 1 aliphatic carbocycles. The maximum atomic E-state index is 12.3. The smallest absolute Gasteiger partial charge is 0.234 e. The van der Waals surface area contributed by atoms with Crippen molar-refractivity contribution in [2.45, 2.75) is 52.2 Å². The van der Waals surface area contributed by atoms with Crippen LogP contribution in [0.1, 0.15) is 39.2 Å². The molecule has 1 saturated carbocycles. The molecule has 0 bridgehead atoms. The summed E-state index contributed by atoms with van der Waals surface area (Å²) in [6.45, 7) is 7.53. The summed E-state index contributed by atoms with van der Waals surface area (Å²) in [5.41, 5.74) is 1.14. The van der Waals surface area contributed by atoms with E-state index in [1.54, 1.807) is 7.11 Å². The van der Waals surface area contributed by atoms with Crippen LogP contribution >= 0.6 is 0 Å². The number of nitrogens with zero attached hydrogens (tertiary/aromatic N) is 1. The monoisotopic (exact) mass is 304 g/mol. The van der Waals surface area contributed by atoms with Crippen molar-refractivity contribution in [2.75, 3.05) is 13.7 Å². The third-order valence-electron chi connectivity index (χ3n) is 4.36. The molecule has 0 heterocycles. The zero-order valence-corrected chi connectivity index (χ0v) is 14.1. The predicted molar refractivity (Wildman–Crippen MR) is 88.9 cm³/mol. The number of carbonyl (C=O) groups is 1. The third kappa shape index (κ3) is 4.73. The van der Waals surface area contributed by atoms with Gasteiger partial charge in [0.2, 0.25) is 5.91 Å². The van der Waals surface area contributed by atoms with Gasteiger partial charge >= 0.3 is 0 Å². The van der Waals surface area contributed by atoms with Crippen molar-refractivity contribution in [3.05, 3.63) is 29.8 Å². The molecule has 0 radical (unpaired) electrons. The zero-order chi connectivity index (χ0) is 16.1. The van der Waals surface area contributed by atoms with E-state index in [1.165, 1.54) is 12.8 Å². The van der Waals surface area contributed by atoms with Gasteiger partial charge in [-0.2, -0.15) is 0 Å². The lowest BCUT2D eigenvalue weighted by Gasteiger charge is -2.24. The first-order valence-corrected chi connectivity index (χ1v) is 8.16. The quantitative estimate of drug-likeness (QED) is 0.803. The Morgan fingerprint density at radius 2 is 2.00 bits per heavy atom. The van der Waals surface area contributed by atoms with Crippen LogP contribution in [0.4, 0.5) is 0 Å². The second kappa shape index (κ2) is 7.63. The largest absolute Gasteiger partial charge is 0.496 e. The summed E-state index contributed by atoms with van der Waals surface area (Å²) >= 11 is 0. The van der Waals surface area contributed by atoms with E-state index in [2.05, 4.69) is 37.1 Å². The molecule has 1 aliphatic rings. The fourth-order valence-corrected chi connectivity index (χ4v) is 2.46. The Hall–Kier alpha value is -1.55. The molecule has 22 heavy (non-hydrogen) atoms. The first kappa shape index (κ1) is 16.8. The molecule has 1 aromatic carbocycles. The number of para-hydroxylation sites is 1. The molecule has 4 heteroatoms. The highest BCUT2D eigenvalue weighted by Gasteiger charge is 2.31. The normalized spacial score (nSPS) is 15.9. The number of benzene rings is 1. The van der Waals surface area contributed by atoms with Gasteiger partial charge in [0.15, 0.2) is 0 Å². The molecule has 4 nitrogen and oxygen atoms in total. The Bertz CT molecular complexity index is 498. The van der Waals surface area contributed by atoms with Gasteiger partial charge in [0.25, 0.3) is 0 Å². The summed E-state index contributed by atoms with van der Waals surface area (Å²) in [5.74, 6) is 1.46. The summed E-state index contributed by atoms with van der Waals surface area (Å²) in [7, 11) is 1.69. The molecule has 1 atom stereocenters. The number of nitrogens with one attached hydrogen (secondary N) is 1. The maximum absolute atomic E-state index is 12.3. The predicted octanol–water partition coefficient (Wildman–Crippen LogP) is 2.82. The third-order valence-corrected chi connectivity index (χ3v) is 4.36. The maximum Gasteiger partial charge on any atom is 0.234 e. The van der Waals surface area contributed by atoms with E-state index in [0.29, 0.717) is 18.5 Å². The van der Waals surface area contributed by atoms with Crippen molar-refractivity contribution in [1.29, 1.82) is 0 Å². The van der Waals surface area contributed by atoms with E-state index >= 15 is 0 Å². The van der Waals surface area contributed by atoms with Crippen molar-refractivity contribution in [3.63, 3.8) is 0 Å². The average Bonchev–Trinajstić information content (AvgIpc) is 3.31. The van der Waals surface area contributed by atoms with Gasteiger partial charge in [0.05, 0.1) is 13.7 Å². The van der Waals surface area contributed by atoms with Crippen LogP contribution in [0.3, 0.4) is 0 Å². The molecule has 122 valence electrons. The summed E-state index contributed by atoms with van der Waals surface area (Å²) < 4.78 is 5.42. The fraction of sp³-hybridized carbons (Fsp3) is 0.611. The van der Waals surface area contributed by atoms with Crippen LogP contribution in [0.25, 0.3) is 0 Å². The van der Waals surface area contributed by atoms with Crippen molar-refractivity contribution in [3.8, 4) is 5.75 Å². The highest BCUT2D eigenvalue weighted by molar-refractivity contribution is 5.78. The standard InChI is InChI=1S/C18H28N2O2/c1-13(2)14(3)19-18(21)12-20(16-9-10-16)11-15-7-5-6-8-17(15)22-4/h5-8,13-14,16H,9-12H2,1-4H3,(H,19,21). The molecule has 1 unspecified atom stereocenters. The van der Waals surface area contributed by atoms with Gasteiger partial charge in [-0.3, -0.25) is 9.69 Å². The van der Waals surface area contributed by atoms with Crippen LogP contribution in [0.5, 0.6) is 5.75 Å². The van der Waals surface area contributed by atoms with E-state index in [0.717, 1.165) is 17.9 Å². The molecular weight excluding hydrogens is 276 g/mol. The molecule has 0 saturated heterocycles. The number of carbonyl (C=O) groups excluding carboxylic acids is 1. The second-order valence-corrected chi connectivity index (χ2v) is 6.55. The van der Waals surface area contributed by atoms with Gasteiger partial charge < -0.3 is 10.1 Å². The van der Waals surface area contributed by atoms with Crippen LogP contribution in [-0.2, 0) is 11.3 Å². The Kier molecular flexibility index (Phi) is 5.83. The van der Waals surface area contributed by atoms with E-state index in [4.69, 9.17) is 4.74 Å². The van der Waals surface area contributed by atoms with Gasteiger partial charge in [-0.05, 0) is 31.7 Å². The topological polar surface area (TPSA) is 41.6 Å². The summed E-state index contributed by atoms with van der Waals surface area (Å²) in [6, 6.07) is 8.78. The molecule has 2 rings (SSSR count). The van der Waals surface area contributed by atoms with Crippen molar-refractivity contribution in [1.82, 2.24) is 10.2 Å². The second-order valence-electron chi connectivity index (χ2n) is 6.55. The van der Waals surface area contributed by atoms with Crippen LogP contribution < -0.4 is 10.1 Å². The molecule has 0 aromatic heterocycles. The Morgan fingerprint density at radius 1 is 1.32 bits per heavy atom. The highest BCUT2D eigenvalue weighted by Crippen LogP contribution is 2.30. The molecule has 0 spiro atoms. The number of amides is 1. The van der Waals surface area contributed by atoms with Crippen LogP contribution in [0, 0.1) is 5.92 Å². The van der Waals surface area contributed by atoms with E-state index in [9.17, 15) is 4.79 Å². The van der Waals surface area contributed by atoms with Crippen LogP contribution in [0.2, 0.25) is 0 Å². The number of ether oxygens (including phenoxy) is 1. The summed E-state index contributed by atoms with van der Waals surface area (Å²) in [4.78, 5) is 14.5. The summed E-state index contributed by atoms with van der Waals surface area (Å²) in [6.07, 6.45) is 2.37. The molecule has 1 amide bonds. The van der Waals surface area contributed by atoms with E-state index < -0.39 is 0 Å². The van der Waals surface area contributed by atoms with Crippen molar-refractivity contribution in [2.24, 2.45) is 5.92 Å². The fourth-order valence-electron chi connectivity index (χ4n) is 2.46. The average molecular weight is 304 g/mol. The molecule has 1 N–H and O–H groups in total. The van der Waals surface area contributed by atoms with Gasteiger partial charge in [-0.15, -0.1) is 0 Å². The number of methoxy groups -OCH3 is 1. The minimum Gasteiger partial charge on any atom is -0.496 e. The van der Waals surface area contributed by atoms with Gasteiger partial charge in [-0.1, -0.05) is 32.0 Å². The lowest BCUT2D eigenvalue weighted by atomic mass is 10.1. The Morgan fingerprint density at radius 3 is 2.59 bits per heavy atom. The van der Waals surface area contributed by atoms with Crippen molar-refractivity contribution < 1.29 is 9.53 Å². The Balaban J connectivity index is 1.97. The molecule has 1 fully saturated rings. The minimum absolute atomic E-state index is 0.114. The van der Waals surface area contributed by atoms with Crippen LogP contribution in [0.15, 0.2) is 24.3 Å². The molecule has 1 aromatic rings. The minimum atomic E-state index is 0.114. The van der Waals surface area contributed by atoms with Crippen LogP contribution in [-0.4, -0.2) is 36.5 Å². The first-order chi connectivity index (χ1) is 10.5. The lowest BCUT2D eigenvalue weighted by molar-refractivity contribution is -0.123. The highest BCUT2D eigenvalue weighted by atomic mass is 16.5. The molecule has 0 aliphatic heterocycles. The van der Waals surface area contributed by atoms with Gasteiger partial charge in [0, 0.05) is 24.2 Å². The van der Waals surface area contributed by atoms with E-state index in [-0.39, 0.29) is 11.9 Å². The first-order valence-electron chi connectivity index (χ1n) is 8.16. The Labute approximate surface area is 133 Å². The number of rotatable bonds is 8. The van der Waals surface area contributed by atoms with Gasteiger partial charge in [0.1, 0.15) is 5.75 Å². The van der Waals surface area contributed by atoms with Crippen molar-refractivity contribution >= 4 is 5.91 Å². The molecular formula is C18H28N2O2.